The van der Waals surface area contributed by atoms with Gasteiger partial charge in [0.15, 0.2) is 5.54 Å². The Hall–Kier alpha value is -3.10. The van der Waals surface area contributed by atoms with Crippen LogP contribution in [0.4, 0.5) is 4.79 Å². The largest absolute Gasteiger partial charge is 0.442 e. The second kappa shape index (κ2) is 8.92. The Morgan fingerprint density at radius 1 is 1.15 bits per heavy atom. The molecule has 0 spiro atoms. The molecule has 0 radical (unpaired) electrons. The molecule has 2 aliphatic rings. The number of carbonyl (C=O) groups excluding carboxylic acids is 2. The number of nitrogens with zero attached hydrogens (tertiary/aromatic N) is 1. The van der Waals surface area contributed by atoms with Crippen LogP contribution >= 0.6 is 0 Å². The van der Waals surface area contributed by atoms with Gasteiger partial charge in [0.2, 0.25) is 0 Å². The summed E-state index contributed by atoms with van der Waals surface area (Å²) in [5.74, 6) is 0.124. The lowest BCUT2D eigenvalue weighted by atomic mass is 9.78. The van der Waals surface area contributed by atoms with Gasteiger partial charge in [-0.25, -0.2) is 4.79 Å². The Kier molecular flexibility index (Phi) is 6.31. The predicted molar refractivity (Wildman–Crippen MR) is 126 cm³/mol. The number of hydrogen-bond donors (Lipinski definition) is 2. The summed E-state index contributed by atoms with van der Waals surface area (Å²) in [5.41, 5.74) is 7.65. The van der Waals surface area contributed by atoms with Crippen molar-refractivity contribution in [3.05, 3.63) is 65.7 Å². The molecule has 34 heavy (non-hydrogen) atoms. The number of hydrogen-bond acceptors (Lipinski definition) is 6. The van der Waals surface area contributed by atoms with Gasteiger partial charge in [0, 0.05) is 12.5 Å². The first-order valence-electron chi connectivity index (χ1n) is 11.6. The highest BCUT2D eigenvalue weighted by molar-refractivity contribution is 5.90. The van der Waals surface area contributed by atoms with E-state index in [2.05, 4.69) is 5.48 Å². The monoisotopic (exact) mass is 467 g/mol. The maximum absolute atomic E-state index is 13.3. The van der Waals surface area contributed by atoms with Gasteiger partial charge >= 0.3 is 6.09 Å². The number of amides is 2. The molecule has 4 rings (SSSR count). The molecule has 1 unspecified atom stereocenters. The molecule has 3 N–H and O–H groups in total. The molecule has 182 valence electrons. The number of nitrogens with two attached hydrogens (primary N) is 1. The molecule has 2 aliphatic heterocycles. The van der Waals surface area contributed by atoms with Gasteiger partial charge in [0.25, 0.3) is 5.91 Å². The van der Waals surface area contributed by atoms with Crippen molar-refractivity contribution in [3.8, 4) is 5.75 Å². The van der Waals surface area contributed by atoms with Crippen molar-refractivity contribution in [2.75, 3.05) is 0 Å². The fourth-order valence-corrected chi connectivity index (χ4v) is 4.82. The highest BCUT2D eigenvalue weighted by atomic mass is 16.8. The number of aryl methyl sites for hydroxylation is 1. The average molecular weight is 468 g/mol. The molecular weight excluding hydrogens is 434 g/mol. The molecule has 1 saturated heterocycles. The second-order valence-corrected chi connectivity index (χ2v) is 10.4. The van der Waals surface area contributed by atoms with E-state index in [4.69, 9.17) is 20.1 Å². The maximum Gasteiger partial charge on any atom is 0.435 e. The summed E-state index contributed by atoms with van der Waals surface area (Å²) in [6.45, 7) is 7.18. The highest BCUT2D eigenvalue weighted by Gasteiger charge is 2.61. The van der Waals surface area contributed by atoms with Crippen molar-refractivity contribution >= 4 is 12.0 Å². The van der Waals surface area contributed by atoms with E-state index in [1.165, 1.54) is 0 Å². The summed E-state index contributed by atoms with van der Waals surface area (Å²) >= 11 is 0. The highest BCUT2D eigenvalue weighted by Crippen LogP contribution is 2.48. The molecule has 8 nitrogen and oxygen atoms in total. The summed E-state index contributed by atoms with van der Waals surface area (Å²) in [6.07, 6.45) is 1.55. The molecule has 2 heterocycles. The third-order valence-corrected chi connectivity index (χ3v) is 6.25. The summed E-state index contributed by atoms with van der Waals surface area (Å²) in [7, 11) is 0. The lowest BCUT2D eigenvalue weighted by Crippen LogP contribution is -2.54. The van der Waals surface area contributed by atoms with E-state index in [9.17, 15) is 9.59 Å². The van der Waals surface area contributed by atoms with E-state index >= 15 is 0 Å². The van der Waals surface area contributed by atoms with Crippen LogP contribution in [0.5, 0.6) is 5.75 Å². The Labute approximate surface area is 200 Å². The van der Waals surface area contributed by atoms with Gasteiger partial charge in [-0.2, -0.15) is 10.5 Å². The number of benzene rings is 2. The van der Waals surface area contributed by atoms with E-state index in [0.29, 0.717) is 12.0 Å². The van der Waals surface area contributed by atoms with Gasteiger partial charge in [-0.3, -0.25) is 9.63 Å². The molecule has 2 aromatic rings. The predicted octanol–water partition coefficient (Wildman–Crippen LogP) is 3.99. The standard InChI is InChI=1S/C26H33N3O5/c1-24(2,3)32-23(31)29-26(22(27)30,19-11-6-5-7-12-19)17-25(4,34-29)16-20-15-14-18-10-8-9-13-21(18)33-28-20/h5-13,20,28H,14-17H2,1-4H3,(H2,27,30)/t20-,25?,26+/m0/s1. The first-order valence-corrected chi connectivity index (χ1v) is 11.6. The second-order valence-electron chi connectivity index (χ2n) is 10.4. The van der Waals surface area contributed by atoms with Crippen molar-refractivity contribution in [3.63, 3.8) is 0 Å². The van der Waals surface area contributed by atoms with Crippen molar-refractivity contribution < 1.29 is 24.0 Å². The van der Waals surface area contributed by atoms with E-state index in [-0.39, 0.29) is 12.5 Å². The molecule has 0 aromatic heterocycles. The van der Waals surface area contributed by atoms with E-state index in [1.807, 2.05) is 37.3 Å². The molecule has 0 saturated carbocycles. The van der Waals surface area contributed by atoms with Crippen LogP contribution in [0, 0.1) is 0 Å². The summed E-state index contributed by atoms with van der Waals surface area (Å²) < 4.78 is 5.61. The minimum atomic E-state index is -1.51. The van der Waals surface area contributed by atoms with Crippen LogP contribution < -0.4 is 16.1 Å². The van der Waals surface area contributed by atoms with E-state index < -0.39 is 28.7 Å². The fourth-order valence-electron chi connectivity index (χ4n) is 4.82. The van der Waals surface area contributed by atoms with Crippen LogP contribution in [0.2, 0.25) is 0 Å². The Bertz CT molecular complexity index is 1030. The first-order chi connectivity index (χ1) is 16.0. The smallest absolute Gasteiger partial charge is 0.435 e. The van der Waals surface area contributed by atoms with Crippen molar-refractivity contribution in [2.45, 2.75) is 76.2 Å². The Morgan fingerprint density at radius 2 is 1.82 bits per heavy atom. The van der Waals surface area contributed by atoms with Crippen LogP contribution in [-0.2, 0) is 26.3 Å². The Morgan fingerprint density at radius 3 is 2.50 bits per heavy atom. The summed E-state index contributed by atoms with van der Waals surface area (Å²) in [6, 6.07) is 16.8. The van der Waals surface area contributed by atoms with Gasteiger partial charge < -0.3 is 15.3 Å². The molecule has 2 aromatic carbocycles. The van der Waals surface area contributed by atoms with Crippen LogP contribution in [0.25, 0.3) is 0 Å². The minimum absolute atomic E-state index is 0.0719. The van der Waals surface area contributed by atoms with E-state index in [0.717, 1.165) is 29.2 Å². The lowest BCUT2D eigenvalue weighted by Gasteiger charge is -2.34. The molecule has 0 aliphatic carbocycles. The lowest BCUT2D eigenvalue weighted by molar-refractivity contribution is -0.206. The third kappa shape index (κ3) is 4.74. The zero-order chi connectivity index (χ0) is 24.6. The number of ether oxygens (including phenoxy) is 1. The van der Waals surface area contributed by atoms with Crippen molar-refractivity contribution in [1.82, 2.24) is 10.5 Å². The number of primary amides is 1. The number of hydroxylamine groups is 3. The molecular formula is C26H33N3O5. The minimum Gasteiger partial charge on any atom is -0.442 e. The quantitative estimate of drug-likeness (QED) is 0.705. The summed E-state index contributed by atoms with van der Waals surface area (Å²) in [4.78, 5) is 38.4. The number of nitrogens with one attached hydrogen (secondary N) is 1. The van der Waals surface area contributed by atoms with Gasteiger partial charge in [0.1, 0.15) is 11.4 Å². The molecule has 2 amide bonds. The summed E-state index contributed by atoms with van der Waals surface area (Å²) in [5, 5.41) is 1.04. The SMILES string of the molecule is CC(C)(C)OC(=O)N1OC(C)(C[C@@H]2CCc3ccccc3ON2)C[C@]1(C(N)=O)c1ccccc1. The fraction of sp³-hybridized carbons (Fsp3) is 0.462. The zero-order valence-electron chi connectivity index (χ0n) is 20.2. The average Bonchev–Trinajstić information content (AvgIpc) is 2.96. The Balaban J connectivity index is 1.64. The van der Waals surface area contributed by atoms with Crippen molar-refractivity contribution in [2.24, 2.45) is 5.73 Å². The number of rotatable bonds is 4. The third-order valence-electron chi connectivity index (χ3n) is 6.25. The number of fused-ring (bicyclic) bond motifs is 1. The maximum atomic E-state index is 13.3. The molecule has 1 fully saturated rings. The zero-order valence-corrected chi connectivity index (χ0v) is 20.2. The van der Waals surface area contributed by atoms with Gasteiger partial charge in [-0.1, -0.05) is 48.5 Å². The molecule has 8 heteroatoms. The number of para-hydroxylation sites is 1. The first kappa shape index (κ1) is 24.0. The normalized spacial score (nSPS) is 26.8. The molecule has 3 atom stereocenters. The van der Waals surface area contributed by atoms with Crippen LogP contribution in [-0.4, -0.2) is 34.3 Å². The van der Waals surface area contributed by atoms with Gasteiger partial charge in [-0.15, -0.1) is 0 Å². The number of carbonyl (C=O) groups is 2. The van der Waals surface area contributed by atoms with Crippen molar-refractivity contribution in [1.29, 1.82) is 0 Å². The van der Waals surface area contributed by atoms with Crippen LogP contribution in [0.3, 0.4) is 0 Å². The van der Waals surface area contributed by atoms with E-state index in [1.54, 1.807) is 45.0 Å². The van der Waals surface area contributed by atoms with Gasteiger partial charge in [-0.05, 0) is 64.2 Å². The van der Waals surface area contributed by atoms with Gasteiger partial charge in [0.05, 0.1) is 5.60 Å². The topological polar surface area (TPSA) is 103 Å². The molecule has 0 bridgehead atoms. The van der Waals surface area contributed by atoms with Crippen LogP contribution in [0.15, 0.2) is 54.6 Å². The van der Waals surface area contributed by atoms with Crippen LogP contribution in [0.1, 0.15) is 58.1 Å².